The van der Waals surface area contributed by atoms with E-state index in [2.05, 4.69) is 24.7 Å². The van der Waals surface area contributed by atoms with Crippen LogP contribution in [0.3, 0.4) is 0 Å². The van der Waals surface area contributed by atoms with Crippen LogP contribution in [0.15, 0.2) is 0 Å². The van der Waals surface area contributed by atoms with Crippen LogP contribution in [0, 0.1) is 11.8 Å². The Labute approximate surface area is 103 Å². The molecule has 2 heteroatoms. The summed E-state index contributed by atoms with van der Waals surface area (Å²) in [5, 5.41) is 6.50. The predicted molar refractivity (Wildman–Crippen MR) is 73.9 cm³/mol. The van der Waals surface area contributed by atoms with Crippen LogP contribution >= 0.6 is 0 Å². The van der Waals surface area contributed by atoms with E-state index in [4.69, 9.17) is 0 Å². The van der Waals surface area contributed by atoms with Gasteiger partial charge in [-0.2, -0.15) is 0 Å². The van der Waals surface area contributed by atoms with Crippen LogP contribution in [0.25, 0.3) is 0 Å². The predicted octanol–water partition coefficient (Wildman–Crippen LogP) is 3.04. The second-order valence-corrected chi connectivity index (χ2v) is 4.67. The summed E-state index contributed by atoms with van der Waals surface area (Å²) in [6, 6.07) is 0. The van der Waals surface area contributed by atoms with E-state index in [-0.39, 0.29) is 0 Å². The molecule has 2 N–H and O–H groups in total. The van der Waals surface area contributed by atoms with Crippen molar-refractivity contribution < 1.29 is 0 Å². The molecule has 16 heavy (non-hydrogen) atoms. The van der Waals surface area contributed by atoms with E-state index in [1.807, 2.05) is 13.8 Å². The molecular weight excluding hydrogens is 196 g/mol. The summed E-state index contributed by atoms with van der Waals surface area (Å²) < 4.78 is 0. The molecule has 98 valence electrons. The monoisotopic (exact) mass is 228 g/mol. The van der Waals surface area contributed by atoms with Crippen LogP contribution < -0.4 is 10.6 Å². The van der Waals surface area contributed by atoms with E-state index >= 15 is 0 Å². The average molecular weight is 228 g/mol. The molecule has 1 aliphatic carbocycles. The lowest BCUT2D eigenvalue weighted by molar-refractivity contribution is 0.252. The van der Waals surface area contributed by atoms with Gasteiger partial charge in [0, 0.05) is 0 Å². The highest BCUT2D eigenvalue weighted by Crippen LogP contribution is 2.31. The molecule has 0 amide bonds. The van der Waals surface area contributed by atoms with Crippen molar-refractivity contribution in [1.82, 2.24) is 10.6 Å². The van der Waals surface area contributed by atoms with Gasteiger partial charge in [0.25, 0.3) is 0 Å². The molecular formula is C14H32N2. The molecule has 1 rings (SSSR count). The van der Waals surface area contributed by atoms with Crippen molar-refractivity contribution in [3.63, 3.8) is 0 Å². The third-order valence-corrected chi connectivity index (χ3v) is 3.57. The Morgan fingerprint density at radius 3 is 1.31 bits per heavy atom. The Kier molecular flexibility index (Phi) is 11.3. The Bertz CT molecular complexity index is 113. The third-order valence-electron chi connectivity index (χ3n) is 3.57. The largest absolute Gasteiger partial charge is 0.320 e. The molecule has 0 aromatic heterocycles. The van der Waals surface area contributed by atoms with Crippen LogP contribution in [-0.4, -0.2) is 27.2 Å². The van der Waals surface area contributed by atoms with Gasteiger partial charge in [0.15, 0.2) is 0 Å². The van der Waals surface area contributed by atoms with Gasteiger partial charge in [-0.25, -0.2) is 0 Å². The van der Waals surface area contributed by atoms with Gasteiger partial charge in [-0.15, -0.1) is 0 Å². The lowest BCUT2D eigenvalue weighted by atomic mass is 9.79. The van der Waals surface area contributed by atoms with Gasteiger partial charge in [-0.05, 0) is 51.9 Å². The summed E-state index contributed by atoms with van der Waals surface area (Å²) >= 11 is 0. The first-order chi connectivity index (χ1) is 7.86. The Morgan fingerprint density at radius 1 is 0.750 bits per heavy atom. The Morgan fingerprint density at radius 2 is 1.06 bits per heavy atom. The van der Waals surface area contributed by atoms with Crippen molar-refractivity contribution in [2.45, 2.75) is 52.4 Å². The maximum Gasteiger partial charge on any atom is -0.00493 e. The van der Waals surface area contributed by atoms with Crippen LogP contribution in [0.5, 0.6) is 0 Å². The zero-order valence-corrected chi connectivity index (χ0v) is 11.8. The van der Waals surface area contributed by atoms with Crippen molar-refractivity contribution in [3.8, 4) is 0 Å². The minimum Gasteiger partial charge on any atom is -0.320 e. The van der Waals surface area contributed by atoms with Crippen molar-refractivity contribution in [1.29, 1.82) is 0 Å². The number of hydrogen-bond donors (Lipinski definition) is 2. The molecule has 1 aliphatic rings. The highest BCUT2D eigenvalue weighted by atomic mass is 14.8. The molecule has 0 bridgehead atoms. The van der Waals surface area contributed by atoms with Crippen molar-refractivity contribution in [3.05, 3.63) is 0 Å². The minimum atomic E-state index is 1.01. The highest BCUT2D eigenvalue weighted by molar-refractivity contribution is 4.73. The fourth-order valence-corrected chi connectivity index (χ4v) is 2.51. The van der Waals surface area contributed by atoms with Gasteiger partial charge in [0.05, 0.1) is 0 Å². The first kappa shape index (κ1) is 15.9. The van der Waals surface area contributed by atoms with Crippen LogP contribution in [0.4, 0.5) is 0 Å². The van der Waals surface area contributed by atoms with E-state index in [1.165, 1.54) is 51.6 Å². The second-order valence-electron chi connectivity index (χ2n) is 4.67. The van der Waals surface area contributed by atoms with Crippen LogP contribution in [0.1, 0.15) is 52.4 Å². The first-order valence-electron chi connectivity index (χ1n) is 7.16. The zero-order valence-electron chi connectivity index (χ0n) is 11.8. The highest BCUT2D eigenvalue weighted by Gasteiger charge is 2.19. The van der Waals surface area contributed by atoms with Gasteiger partial charge in [-0.3, -0.25) is 0 Å². The minimum absolute atomic E-state index is 1.01. The van der Waals surface area contributed by atoms with Crippen molar-refractivity contribution >= 4 is 0 Å². The quantitative estimate of drug-likeness (QED) is 0.730. The summed E-state index contributed by atoms with van der Waals surface area (Å²) in [6.45, 7) is 6.40. The lowest BCUT2D eigenvalue weighted by Gasteiger charge is -2.28. The van der Waals surface area contributed by atoms with Gasteiger partial charge in [-0.1, -0.05) is 39.5 Å². The summed E-state index contributed by atoms with van der Waals surface area (Å²) in [5.41, 5.74) is 0. The molecule has 0 radical (unpaired) electrons. The summed E-state index contributed by atoms with van der Waals surface area (Å²) in [7, 11) is 4.11. The van der Waals surface area contributed by atoms with E-state index < -0.39 is 0 Å². The van der Waals surface area contributed by atoms with E-state index in [1.54, 1.807) is 0 Å². The molecule has 0 atom stereocenters. The normalized spacial score (nSPS) is 24.8. The maximum atomic E-state index is 3.25. The Balaban J connectivity index is 0.00000106. The zero-order chi connectivity index (χ0) is 12.2. The van der Waals surface area contributed by atoms with E-state index in [0.717, 1.165) is 11.8 Å². The topological polar surface area (TPSA) is 24.1 Å². The molecule has 0 unspecified atom stereocenters. The molecule has 1 fully saturated rings. The molecule has 0 spiro atoms. The van der Waals surface area contributed by atoms with Crippen molar-refractivity contribution in [2.24, 2.45) is 11.8 Å². The Hall–Kier alpha value is -0.0800. The smallest absolute Gasteiger partial charge is 0.00493 e. The summed E-state index contributed by atoms with van der Waals surface area (Å²) in [6.07, 6.45) is 8.64. The van der Waals surface area contributed by atoms with Crippen molar-refractivity contribution in [2.75, 3.05) is 27.2 Å². The first-order valence-corrected chi connectivity index (χ1v) is 7.16. The molecule has 2 nitrogen and oxygen atoms in total. The molecule has 0 aromatic carbocycles. The summed E-state index contributed by atoms with van der Waals surface area (Å²) in [5.74, 6) is 2.02. The molecule has 0 aliphatic heterocycles. The second kappa shape index (κ2) is 11.4. The lowest BCUT2D eigenvalue weighted by Crippen LogP contribution is -2.21. The van der Waals surface area contributed by atoms with Crippen LogP contribution in [-0.2, 0) is 0 Å². The van der Waals surface area contributed by atoms with E-state index in [9.17, 15) is 0 Å². The maximum absolute atomic E-state index is 3.25. The van der Waals surface area contributed by atoms with Gasteiger partial charge in [0.1, 0.15) is 0 Å². The third kappa shape index (κ3) is 7.24. The standard InChI is InChI=1S/C12H26N2.C2H6/c1-13-9-7-11-3-5-12(6-4-11)8-10-14-2;1-2/h11-14H,3-10H2,1-2H3;1-2H3. The van der Waals surface area contributed by atoms with Crippen LogP contribution in [0.2, 0.25) is 0 Å². The number of nitrogens with one attached hydrogen (secondary N) is 2. The molecule has 0 heterocycles. The fraction of sp³-hybridized carbons (Fsp3) is 1.00. The average Bonchev–Trinajstić information content (AvgIpc) is 2.37. The molecule has 1 saturated carbocycles. The molecule has 0 aromatic rings. The molecule has 0 saturated heterocycles. The van der Waals surface area contributed by atoms with Gasteiger partial charge >= 0.3 is 0 Å². The number of rotatable bonds is 6. The fourth-order valence-electron chi connectivity index (χ4n) is 2.51. The summed E-state index contributed by atoms with van der Waals surface area (Å²) in [4.78, 5) is 0. The SMILES string of the molecule is CC.CNCCC1CCC(CCNC)CC1. The number of hydrogen-bond acceptors (Lipinski definition) is 2. The van der Waals surface area contributed by atoms with E-state index in [0.29, 0.717) is 0 Å². The van der Waals surface area contributed by atoms with Gasteiger partial charge in [0.2, 0.25) is 0 Å². The van der Waals surface area contributed by atoms with Gasteiger partial charge < -0.3 is 10.6 Å².